The van der Waals surface area contributed by atoms with Gasteiger partial charge in [-0.1, -0.05) is 30.3 Å². The lowest BCUT2D eigenvalue weighted by Crippen LogP contribution is -2.39. The number of hydrogen-bond donors (Lipinski definition) is 1. The average Bonchev–Trinajstić information content (AvgIpc) is 2.38. The van der Waals surface area contributed by atoms with Crippen molar-refractivity contribution in [3.8, 4) is 0 Å². The Morgan fingerprint density at radius 2 is 1.71 bits per heavy atom. The fraction of sp³-hybridized carbons (Fsp3) is 0.600. The Labute approximate surface area is 105 Å². The Bertz CT molecular complexity index is 313. The van der Waals surface area contributed by atoms with Gasteiger partial charge in [0.2, 0.25) is 0 Å². The Morgan fingerprint density at radius 3 is 2.29 bits per heavy atom. The molecule has 1 aromatic carbocycles. The fourth-order valence-electron chi connectivity index (χ4n) is 2.65. The zero-order valence-electron chi connectivity index (χ0n) is 11.0. The van der Waals surface area contributed by atoms with Crippen LogP contribution in [0.3, 0.4) is 0 Å². The van der Waals surface area contributed by atoms with Crippen LogP contribution in [0.15, 0.2) is 30.3 Å². The largest absolute Gasteiger partial charge is 0.310 e. The van der Waals surface area contributed by atoms with Crippen LogP contribution in [0.25, 0.3) is 0 Å². The van der Waals surface area contributed by atoms with E-state index in [0.717, 1.165) is 12.6 Å². The van der Waals surface area contributed by atoms with Gasteiger partial charge < -0.3 is 10.2 Å². The molecule has 2 nitrogen and oxygen atoms in total. The van der Waals surface area contributed by atoms with Gasteiger partial charge in [0.1, 0.15) is 0 Å². The van der Waals surface area contributed by atoms with E-state index in [2.05, 4.69) is 54.6 Å². The zero-order valence-corrected chi connectivity index (χ0v) is 11.0. The van der Waals surface area contributed by atoms with E-state index in [0.29, 0.717) is 6.04 Å². The van der Waals surface area contributed by atoms with Crippen molar-refractivity contribution in [3.63, 3.8) is 0 Å². The van der Waals surface area contributed by atoms with E-state index in [1.54, 1.807) is 0 Å². The highest BCUT2D eigenvalue weighted by molar-refractivity contribution is 5.14. The second kappa shape index (κ2) is 6.18. The molecular weight excluding hydrogens is 208 g/mol. The van der Waals surface area contributed by atoms with Gasteiger partial charge >= 0.3 is 0 Å². The lowest BCUT2D eigenvalue weighted by Gasteiger charge is -2.33. The van der Waals surface area contributed by atoms with Crippen LogP contribution in [0, 0.1) is 0 Å². The maximum atomic E-state index is 3.68. The first-order valence-corrected chi connectivity index (χ1v) is 6.69. The predicted octanol–water partition coefficient (Wildman–Crippen LogP) is 2.65. The van der Waals surface area contributed by atoms with E-state index in [1.807, 2.05) is 0 Å². The van der Waals surface area contributed by atoms with Crippen LogP contribution >= 0.6 is 0 Å². The molecule has 1 aliphatic carbocycles. The van der Waals surface area contributed by atoms with Crippen LogP contribution in [0.4, 0.5) is 0 Å². The summed E-state index contributed by atoms with van der Waals surface area (Å²) in [4.78, 5) is 2.37. The molecule has 94 valence electrons. The molecule has 2 rings (SSSR count). The summed E-state index contributed by atoms with van der Waals surface area (Å²) in [6, 6.07) is 12.2. The first-order chi connectivity index (χ1) is 8.25. The fourth-order valence-corrected chi connectivity index (χ4v) is 2.65. The van der Waals surface area contributed by atoms with E-state index in [4.69, 9.17) is 0 Å². The van der Waals surface area contributed by atoms with Crippen molar-refractivity contribution in [2.75, 3.05) is 14.1 Å². The average molecular weight is 232 g/mol. The molecule has 0 bridgehead atoms. The van der Waals surface area contributed by atoms with Crippen molar-refractivity contribution in [2.24, 2.45) is 0 Å². The molecule has 1 aromatic rings. The lowest BCUT2D eigenvalue weighted by atomic mass is 9.90. The summed E-state index contributed by atoms with van der Waals surface area (Å²) in [7, 11) is 4.39. The topological polar surface area (TPSA) is 15.3 Å². The Hall–Kier alpha value is -0.860. The summed E-state index contributed by atoms with van der Waals surface area (Å²) in [5.41, 5.74) is 1.39. The van der Waals surface area contributed by atoms with Crippen molar-refractivity contribution < 1.29 is 0 Å². The standard InChI is InChI=1S/C15H24N2/c1-17(2)15-10-8-14(9-11-15)16-12-13-6-4-3-5-7-13/h3-7,14-16H,8-12H2,1-2H3. The number of nitrogens with one attached hydrogen (secondary N) is 1. The molecule has 1 N–H and O–H groups in total. The maximum Gasteiger partial charge on any atom is 0.0208 e. The molecule has 1 saturated carbocycles. The minimum absolute atomic E-state index is 0.714. The lowest BCUT2D eigenvalue weighted by molar-refractivity contribution is 0.204. The molecule has 0 saturated heterocycles. The van der Waals surface area contributed by atoms with Crippen LogP contribution in [0.1, 0.15) is 31.2 Å². The first kappa shape index (κ1) is 12.6. The molecule has 0 radical (unpaired) electrons. The molecule has 0 aromatic heterocycles. The van der Waals surface area contributed by atoms with Crippen molar-refractivity contribution >= 4 is 0 Å². The molecule has 0 amide bonds. The van der Waals surface area contributed by atoms with E-state index in [1.165, 1.54) is 31.2 Å². The molecule has 1 fully saturated rings. The first-order valence-electron chi connectivity index (χ1n) is 6.69. The van der Waals surface area contributed by atoms with Gasteiger partial charge in [0, 0.05) is 18.6 Å². The van der Waals surface area contributed by atoms with E-state index in [-0.39, 0.29) is 0 Å². The van der Waals surface area contributed by atoms with Crippen molar-refractivity contribution in [1.82, 2.24) is 10.2 Å². The molecule has 2 heteroatoms. The van der Waals surface area contributed by atoms with Gasteiger partial charge in [0.15, 0.2) is 0 Å². The Balaban J connectivity index is 1.72. The third kappa shape index (κ3) is 3.83. The van der Waals surface area contributed by atoms with Crippen molar-refractivity contribution in [3.05, 3.63) is 35.9 Å². The van der Waals surface area contributed by atoms with Gasteiger partial charge in [0.25, 0.3) is 0 Å². The molecule has 0 atom stereocenters. The second-order valence-corrected chi connectivity index (χ2v) is 5.34. The van der Waals surface area contributed by atoms with E-state index < -0.39 is 0 Å². The summed E-state index contributed by atoms with van der Waals surface area (Å²) in [6.07, 6.45) is 5.30. The van der Waals surface area contributed by atoms with Crippen LogP contribution < -0.4 is 5.32 Å². The number of benzene rings is 1. The number of rotatable bonds is 4. The van der Waals surface area contributed by atoms with Gasteiger partial charge in [-0.15, -0.1) is 0 Å². The highest BCUT2D eigenvalue weighted by atomic mass is 15.1. The van der Waals surface area contributed by atoms with Crippen molar-refractivity contribution in [2.45, 2.75) is 44.3 Å². The molecule has 0 aliphatic heterocycles. The summed E-state index contributed by atoms with van der Waals surface area (Å²) in [5, 5.41) is 3.68. The Morgan fingerprint density at radius 1 is 1.06 bits per heavy atom. The third-order valence-corrected chi connectivity index (χ3v) is 3.86. The summed E-state index contributed by atoms with van der Waals surface area (Å²) < 4.78 is 0. The highest BCUT2D eigenvalue weighted by Crippen LogP contribution is 2.21. The highest BCUT2D eigenvalue weighted by Gasteiger charge is 2.21. The summed E-state index contributed by atoms with van der Waals surface area (Å²) in [5.74, 6) is 0. The van der Waals surface area contributed by atoms with Gasteiger partial charge in [-0.25, -0.2) is 0 Å². The molecule has 0 unspecified atom stereocenters. The molecule has 17 heavy (non-hydrogen) atoms. The van der Waals surface area contributed by atoms with Crippen LogP contribution in [-0.4, -0.2) is 31.1 Å². The van der Waals surface area contributed by atoms with Crippen molar-refractivity contribution in [1.29, 1.82) is 0 Å². The van der Waals surface area contributed by atoms with Gasteiger partial charge in [0.05, 0.1) is 0 Å². The number of nitrogens with zero attached hydrogens (tertiary/aromatic N) is 1. The van der Waals surface area contributed by atoms with Crippen LogP contribution in [0.5, 0.6) is 0 Å². The normalized spacial score (nSPS) is 25.1. The molecule has 1 aliphatic rings. The van der Waals surface area contributed by atoms with Crippen LogP contribution in [0.2, 0.25) is 0 Å². The SMILES string of the molecule is CN(C)C1CCC(NCc2ccccc2)CC1. The predicted molar refractivity (Wildman–Crippen MR) is 73.0 cm³/mol. The minimum Gasteiger partial charge on any atom is -0.310 e. The smallest absolute Gasteiger partial charge is 0.0208 e. The number of hydrogen-bond acceptors (Lipinski definition) is 2. The molecule has 0 heterocycles. The monoisotopic (exact) mass is 232 g/mol. The zero-order chi connectivity index (χ0) is 12.1. The van der Waals surface area contributed by atoms with Gasteiger partial charge in [-0.3, -0.25) is 0 Å². The Kier molecular flexibility index (Phi) is 4.57. The van der Waals surface area contributed by atoms with Crippen LogP contribution in [-0.2, 0) is 6.54 Å². The summed E-state index contributed by atoms with van der Waals surface area (Å²) in [6.45, 7) is 1.01. The maximum absolute atomic E-state index is 3.68. The molecule has 0 spiro atoms. The van der Waals surface area contributed by atoms with Gasteiger partial charge in [-0.2, -0.15) is 0 Å². The molecular formula is C15H24N2. The quantitative estimate of drug-likeness (QED) is 0.858. The third-order valence-electron chi connectivity index (χ3n) is 3.86. The minimum atomic E-state index is 0.714. The second-order valence-electron chi connectivity index (χ2n) is 5.34. The van der Waals surface area contributed by atoms with E-state index >= 15 is 0 Å². The van der Waals surface area contributed by atoms with E-state index in [9.17, 15) is 0 Å². The summed E-state index contributed by atoms with van der Waals surface area (Å²) >= 11 is 0. The van der Waals surface area contributed by atoms with Gasteiger partial charge in [-0.05, 0) is 45.3 Å².